The molecule has 43 heavy (non-hydrogen) atoms. The number of hydrogen-bond acceptors (Lipinski definition) is 5. The molecule has 1 atom stereocenters. The van der Waals surface area contributed by atoms with Gasteiger partial charge in [-0.2, -0.15) is 0 Å². The Labute approximate surface area is 252 Å². The summed E-state index contributed by atoms with van der Waals surface area (Å²) in [6.45, 7) is 4.62. The van der Waals surface area contributed by atoms with E-state index in [0.717, 1.165) is 44.9 Å². The lowest BCUT2D eigenvalue weighted by atomic mass is 10.0. The molecule has 8 nitrogen and oxygen atoms in total. The lowest BCUT2D eigenvalue weighted by Gasteiger charge is -2.21. The fraction of sp³-hybridized carbons (Fsp3) is 0.206. The molecule has 2 heterocycles. The summed E-state index contributed by atoms with van der Waals surface area (Å²) in [5, 5.41) is 1.03. The third kappa shape index (κ3) is 5.74. The first-order chi connectivity index (χ1) is 20.9. The summed E-state index contributed by atoms with van der Waals surface area (Å²) in [5.41, 5.74) is 6.40. The number of fused-ring (bicyclic) bond motifs is 1. The highest BCUT2D eigenvalue weighted by Crippen LogP contribution is 2.43. The molecule has 1 amide bonds. The van der Waals surface area contributed by atoms with E-state index in [4.69, 9.17) is 9.72 Å². The quantitative estimate of drug-likeness (QED) is 0.147. The zero-order valence-electron chi connectivity index (χ0n) is 23.9. The zero-order valence-corrected chi connectivity index (χ0v) is 24.7. The molecule has 1 saturated carbocycles. The number of nitrogens with zero attached hydrogens (tertiary/aromatic N) is 3. The van der Waals surface area contributed by atoms with Gasteiger partial charge in [0.25, 0.3) is 17.2 Å². The van der Waals surface area contributed by atoms with Crippen LogP contribution in [-0.2, 0) is 22.5 Å². The second-order valence-corrected chi connectivity index (χ2v) is 11.4. The van der Waals surface area contributed by atoms with Gasteiger partial charge in [-0.05, 0) is 79.6 Å². The topological polar surface area (TPSA) is 102 Å². The van der Waals surface area contributed by atoms with Gasteiger partial charge in [0, 0.05) is 28.8 Å². The van der Waals surface area contributed by atoms with Gasteiger partial charge < -0.3 is 9.30 Å². The predicted octanol–water partition coefficient (Wildman–Crippen LogP) is 6.90. The van der Waals surface area contributed by atoms with E-state index in [2.05, 4.69) is 10.6 Å². The van der Waals surface area contributed by atoms with Crippen molar-refractivity contribution >= 4 is 39.9 Å². The molecule has 1 unspecified atom stereocenters. The van der Waals surface area contributed by atoms with E-state index in [-0.39, 0.29) is 6.61 Å². The van der Waals surface area contributed by atoms with Crippen LogP contribution < -0.4 is 4.31 Å². The van der Waals surface area contributed by atoms with Crippen molar-refractivity contribution in [2.45, 2.75) is 39.2 Å². The van der Waals surface area contributed by atoms with Crippen LogP contribution in [0.3, 0.4) is 0 Å². The summed E-state index contributed by atoms with van der Waals surface area (Å²) in [6, 6.07) is 27.4. The number of anilines is 1. The van der Waals surface area contributed by atoms with E-state index in [0.29, 0.717) is 35.0 Å². The van der Waals surface area contributed by atoms with Gasteiger partial charge in [0.05, 0.1) is 12.3 Å². The van der Waals surface area contributed by atoms with Gasteiger partial charge in [-0.25, -0.2) is 18.3 Å². The molecule has 0 aliphatic heterocycles. The van der Waals surface area contributed by atoms with E-state index in [1.54, 1.807) is 55.5 Å². The Morgan fingerprint density at radius 3 is 2.37 bits per heavy atom. The first-order valence-corrected chi connectivity index (χ1v) is 15.3. The molecule has 3 aromatic carbocycles. The fourth-order valence-electron chi connectivity index (χ4n) is 5.42. The van der Waals surface area contributed by atoms with Gasteiger partial charge in [-0.15, -0.1) is 0 Å². The molecule has 2 aromatic heterocycles. The highest BCUT2D eigenvalue weighted by molar-refractivity contribution is 7.81. The Balaban J connectivity index is 1.34. The number of esters is 1. The lowest BCUT2D eigenvalue weighted by Crippen LogP contribution is -2.32. The number of carbonyl (C=O) groups excluding carboxylic acids is 2. The second-order valence-electron chi connectivity index (χ2n) is 10.6. The molecule has 0 radical (unpaired) electrons. The van der Waals surface area contributed by atoms with Crippen LogP contribution in [0, 0.1) is 6.92 Å². The smallest absolute Gasteiger partial charge is 0.357 e. The van der Waals surface area contributed by atoms with Crippen LogP contribution in [0.15, 0.2) is 91.0 Å². The highest BCUT2D eigenvalue weighted by Gasteiger charge is 2.29. The summed E-state index contributed by atoms with van der Waals surface area (Å²) < 4.78 is 30.9. The molecule has 0 spiro atoms. The molecule has 1 fully saturated rings. The summed E-state index contributed by atoms with van der Waals surface area (Å²) in [4.78, 5) is 30.5. The lowest BCUT2D eigenvalue weighted by molar-refractivity contribution is 0.0519. The molecule has 1 N–H and O–H groups in total. The zero-order chi connectivity index (χ0) is 30.1. The number of carbonyl (C=O) groups is 2. The molecular formula is C34H31N3O5S. The number of ether oxygens (including phenoxy) is 1. The number of aryl methyl sites for hydroxylation is 1. The second kappa shape index (κ2) is 11.9. The Morgan fingerprint density at radius 1 is 1.00 bits per heavy atom. The molecule has 1 aliphatic carbocycles. The Morgan fingerprint density at radius 2 is 1.70 bits per heavy atom. The van der Waals surface area contributed by atoms with Gasteiger partial charge in [0.2, 0.25) is 0 Å². The van der Waals surface area contributed by atoms with E-state index < -0.39 is 23.1 Å². The average molecular weight is 594 g/mol. The van der Waals surface area contributed by atoms with E-state index in [9.17, 15) is 18.4 Å². The summed E-state index contributed by atoms with van der Waals surface area (Å²) in [7, 11) is 0. The van der Waals surface area contributed by atoms with Gasteiger partial charge >= 0.3 is 5.97 Å². The minimum atomic E-state index is -2.58. The number of aromatic nitrogens is 2. The Bertz CT molecular complexity index is 1850. The molecule has 0 saturated heterocycles. The van der Waals surface area contributed by atoms with Crippen LogP contribution in [0.1, 0.15) is 63.4 Å². The van der Waals surface area contributed by atoms with E-state index >= 15 is 0 Å². The molecular weight excluding hydrogens is 562 g/mol. The third-order valence-electron chi connectivity index (χ3n) is 7.67. The van der Waals surface area contributed by atoms with Crippen molar-refractivity contribution in [3.05, 3.63) is 119 Å². The van der Waals surface area contributed by atoms with Crippen molar-refractivity contribution in [1.82, 2.24) is 9.55 Å². The molecule has 218 valence electrons. The van der Waals surface area contributed by atoms with E-state index in [1.165, 1.54) is 5.69 Å². The van der Waals surface area contributed by atoms with Crippen LogP contribution in [-0.4, -0.2) is 36.8 Å². The standard InChI is InChI=1S/C34H31N3O5S/c1-3-42-34(39)29-19-22(2)28-20-31(25-17-18-25)36(32(28)35-29)21-23-13-15-24(16-14-23)27-11-7-8-12-30(27)37(43(40)41)33(38)26-9-5-4-6-10-26/h4-16,19-20,25H,3,17-18,21H2,1-2H3,(H,40,41). The van der Waals surface area contributed by atoms with Crippen LogP contribution in [0.4, 0.5) is 5.69 Å². The Hall–Kier alpha value is -4.60. The van der Waals surface area contributed by atoms with Crippen molar-refractivity contribution in [2.75, 3.05) is 10.9 Å². The van der Waals surface area contributed by atoms with Crippen LogP contribution >= 0.6 is 0 Å². The van der Waals surface area contributed by atoms with Gasteiger partial charge in [0.15, 0.2) is 5.69 Å². The number of amides is 1. The number of para-hydroxylation sites is 1. The van der Waals surface area contributed by atoms with Crippen molar-refractivity contribution in [3.8, 4) is 11.1 Å². The minimum absolute atomic E-state index is 0.286. The number of rotatable bonds is 9. The van der Waals surface area contributed by atoms with Gasteiger partial charge in [-0.1, -0.05) is 60.7 Å². The van der Waals surface area contributed by atoms with Crippen LogP contribution in [0.25, 0.3) is 22.2 Å². The van der Waals surface area contributed by atoms with Crippen molar-refractivity contribution < 1.29 is 23.1 Å². The summed E-state index contributed by atoms with van der Waals surface area (Å²) in [5.74, 6) is -0.527. The first kappa shape index (κ1) is 28.5. The maximum absolute atomic E-state index is 13.3. The minimum Gasteiger partial charge on any atom is -0.461 e. The predicted molar refractivity (Wildman–Crippen MR) is 167 cm³/mol. The summed E-state index contributed by atoms with van der Waals surface area (Å²) >= 11 is -2.58. The largest absolute Gasteiger partial charge is 0.461 e. The molecule has 6 rings (SSSR count). The molecule has 0 bridgehead atoms. The maximum Gasteiger partial charge on any atom is 0.357 e. The third-order valence-corrected chi connectivity index (χ3v) is 8.35. The fourth-order valence-corrected chi connectivity index (χ4v) is 6.00. The number of benzene rings is 3. The van der Waals surface area contributed by atoms with Gasteiger partial charge in [-0.3, -0.25) is 9.35 Å². The molecule has 9 heteroatoms. The van der Waals surface area contributed by atoms with Crippen molar-refractivity contribution in [1.29, 1.82) is 0 Å². The monoisotopic (exact) mass is 593 g/mol. The summed E-state index contributed by atoms with van der Waals surface area (Å²) in [6.07, 6.45) is 2.25. The highest BCUT2D eigenvalue weighted by atomic mass is 32.2. The number of hydrogen-bond donors (Lipinski definition) is 1. The molecule has 1 aliphatic rings. The van der Waals surface area contributed by atoms with Gasteiger partial charge in [0.1, 0.15) is 5.65 Å². The van der Waals surface area contributed by atoms with Crippen LogP contribution in [0.2, 0.25) is 0 Å². The average Bonchev–Trinajstić information content (AvgIpc) is 3.80. The number of pyridine rings is 1. The first-order valence-electron chi connectivity index (χ1n) is 14.2. The van der Waals surface area contributed by atoms with Crippen molar-refractivity contribution in [3.63, 3.8) is 0 Å². The maximum atomic E-state index is 13.3. The SMILES string of the molecule is CCOC(=O)c1cc(C)c2cc(C3CC3)n(Cc3ccc(-c4ccccc4N(C(=O)c4ccccc4)S(=O)O)cc3)c2n1. The molecule has 5 aromatic rings. The Kier molecular flexibility index (Phi) is 7.92. The van der Waals surface area contributed by atoms with Crippen LogP contribution in [0.5, 0.6) is 0 Å². The van der Waals surface area contributed by atoms with Crippen molar-refractivity contribution in [2.24, 2.45) is 0 Å². The normalized spacial score (nSPS) is 13.6. The van der Waals surface area contributed by atoms with E-state index in [1.807, 2.05) is 43.3 Å².